The number of rotatable bonds is 2. The molecule has 0 radical (unpaired) electrons. The lowest BCUT2D eigenvalue weighted by Gasteiger charge is -2.28. The summed E-state index contributed by atoms with van der Waals surface area (Å²) >= 11 is 0. The van der Waals surface area contributed by atoms with Crippen molar-refractivity contribution in [2.75, 3.05) is 6.54 Å². The first-order chi connectivity index (χ1) is 12.1. The number of hydrogen-bond donors (Lipinski definition) is 0. The summed E-state index contributed by atoms with van der Waals surface area (Å²) < 4.78 is 31.8. The standard InChI is InChI=1S/C19H14F2N2O2/c20-16-6-5-13(9-17(16)21)18-15(10-22-25-18)19(24)23-8-7-12-3-1-2-4-14(12)11-23/h1-6,9-10H,7-8,11H2. The van der Waals surface area contributed by atoms with Gasteiger partial charge in [-0.05, 0) is 35.7 Å². The summed E-state index contributed by atoms with van der Waals surface area (Å²) in [5.74, 6) is -2.05. The highest BCUT2D eigenvalue weighted by Gasteiger charge is 2.26. The molecule has 0 saturated carbocycles. The lowest BCUT2D eigenvalue weighted by molar-refractivity contribution is 0.0735. The SMILES string of the molecule is O=C(c1cnoc1-c1ccc(F)c(F)c1)N1CCc2ccccc2C1. The third kappa shape index (κ3) is 2.80. The first-order valence-electron chi connectivity index (χ1n) is 7.89. The van der Waals surface area contributed by atoms with E-state index in [0.717, 1.165) is 24.1 Å². The summed E-state index contributed by atoms with van der Waals surface area (Å²) in [5, 5.41) is 3.67. The van der Waals surface area contributed by atoms with E-state index in [1.165, 1.54) is 17.8 Å². The highest BCUT2D eigenvalue weighted by Crippen LogP contribution is 2.28. The topological polar surface area (TPSA) is 46.3 Å². The highest BCUT2D eigenvalue weighted by atomic mass is 19.2. The fourth-order valence-electron chi connectivity index (χ4n) is 3.08. The molecule has 1 amide bonds. The molecule has 0 saturated heterocycles. The van der Waals surface area contributed by atoms with Crippen LogP contribution < -0.4 is 0 Å². The Kier molecular flexibility index (Phi) is 3.80. The maximum atomic E-state index is 13.5. The van der Waals surface area contributed by atoms with Crippen molar-refractivity contribution < 1.29 is 18.1 Å². The van der Waals surface area contributed by atoms with Gasteiger partial charge in [-0.2, -0.15) is 0 Å². The molecule has 1 aromatic heterocycles. The molecule has 2 aromatic carbocycles. The van der Waals surface area contributed by atoms with Crippen LogP contribution in [0.5, 0.6) is 0 Å². The van der Waals surface area contributed by atoms with Crippen molar-refractivity contribution in [2.45, 2.75) is 13.0 Å². The third-order valence-corrected chi connectivity index (χ3v) is 4.40. The second kappa shape index (κ2) is 6.12. The van der Waals surface area contributed by atoms with Gasteiger partial charge in [-0.3, -0.25) is 4.79 Å². The van der Waals surface area contributed by atoms with Crippen molar-refractivity contribution >= 4 is 5.91 Å². The Morgan fingerprint density at radius 3 is 2.68 bits per heavy atom. The van der Waals surface area contributed by atoms with Crippen LogP contribution in [0.15, 0.2) is 53.2 Å². The van der Waals surface area contributed by atoms with Gasteiger partial charge in [-0.25, -0.2) is 8.78 Å². The average molecular weight is 340 g/mol. The maximum Gasteiger partial charge on any atom is 0.259 e. The van der Waals surface area contributed by atoms with Crippen molar-refractivity contribution in [3.05, 3.63) is 77.0 Å². The monoisotopic (exact) mass is 340 g/mol. The number of hydrogen-bond acceptors (Lipinski definition) is 3. The van der Waals surface area contributed by atoms with Crippen molar-refractivity contribution in [1.82, 2.24) is 10.1 Å². The molecule has 25 heavy (non-hydrogen) atoms. The summed E-state index contributed by atoms with van der Waals surface area (Å²) in [4.78, 5) is 14.6. The van der Waals surface area contributed by atoms with Crippen LogP contribution in [0.3, 0.4) is 0 Å². The summed E-state index contributed by atoms with van der Waals surface area (Å²) in [7, 11) is 0. The zero-order valence-corrected chi connectivity index (χ0v) is 13.2. The van der Waals surface area contributed by atoms with Crippen molar-refractivity contribution in [3.8, 4) is 11.3 Å². The van der Waals surface area contributed by atoms with Crippen LogP contribution in [0, 0.1) is 11.6 Å². The number of nitrogens with zero attached hydrogens (tertiary/aromatic N) is 2. The molecular weight excluding hydrogens is 326 g/mol. The smallest absolute Gasteiger partial charge is 0.259 e. The molecule has 0 spiro atoms. The van der Waals surface area contributed by atoms with Crippen LogP contribution >= 0.6 is 0 Å². The molecule has 4 rings (SSSR count). The van der Waals surface area contributed by atoms with E-state index in [9.17, 15) is 13.6 Å². The Bertz CT molecular complexity index is 952. The van der Waals surface area contributed by atoms with Crippen LogP contribution in [0.2, 0.25) is 0 Å². The highest BCUT2D eigenvalue weighted by molar-refractivity contribution is 5.99. The van der Waals surface area contributed by atoms with Crippen LogP contribution in [-0.2, 0) is 13.0 Å². The predicted octanol–water partition coefficient (Wildman–Crippen LogP) is 3.82. The molecule has 3 aromatic rings. The Hall–Kier alpha value is -3.02. The van der Waals surface area contributed by atoms with Gasteiger partial charge in [0.25, 0.3) is 5.91 Å². The van der Waals surface area contributed by atoms with E-state index >= 15 is 0 Å². The fraction of sp³-hybridized carbons (Fsp3) is 0.158. The van der Waals surface area contributed by atoms with Crippen molar-refractivity contribution in [1.29, 1.82) is 0 Å². The second-order valence-corrected chi connectivity index (χ2v) is 5.94. The molecule has 0 bridgehead atoms. The molecule has 6 heteroatoms. The predicted molar refractivity (Wildman–Crippen MR) is 86.7 cm³/mol. The molecule has 0 unspecified atom stereocenters. The van der Waals surface area contributed by atoms with Crippen LogP contribution in [0.1, 0.15) is 21.5 Å². The number of carbonyl (C=O) groups is 1. The van der Waals surface area contributed by atoms with Gasteiger partial charge in [-0.15, -0.1) is 0 Å². The van der Waals surface area contributed by atoms with Crippen LogP contribution in [-0.4, -0.2) is 22.5 Å². The minimum Gasteiger partial charge on any atom is -0.355 e. The molecule has 0 atom stereocenters. The first-order valence-corrected chi connectivity index (χ1v) is 7.89. The quantitative estimate of drug-likeness (QED) is 0.712. The number of fused-ring (bicyclic) bond motifs is 1. The Morgan fingerprint density at radius 1 is 1.08 bits per heavy atom. The third-order valence-electron chi connectivity index (χ3n) is 4.40. The van der Waals surface area contributed by atoms with Gasteiger partial charge in [-0.1, -0.05) is 29.4 Å². The summed E-state index contributed by atoms with van der Waals surface area (Å²) in [6.07, 6.45) is 2.09. The molecule has 1 aliphatic rings. The zero-order chi connectivity index (χ0) is 17.4. The summed E-state index contributed by atoms with van der Waals surface area (Å²) in [5.41, 5.74) is 2.85. The Balaban J connectivity index is 1.64. The summed E-state index contributed by atoms with van der Waals surface area (Å²) in [6.45, 7) is 1.08. The molecule has 2 heterocycles. The normalized spacial score (nSPS) is 13.6. The van der Waals surface area contributed by atoms with Crippen molar-refractivity contribution in [2.24, 2.45) is 0 Å². The molecule has 0 N–H and O–H groups in total. The van der Waals surface area contributed by atoms with E-state index in [1.807, 2.05) is 18.2 Å². The number of amides is 1. The Labute approximate surface area is 142 Å². The van der Waals surface area contributed by atoms with E-state index in [4.69, 9.17) is 4.52 Å². The molecule has 1 aliphatic heterocycles. The number of halogens is 2. The minimum atomic E-state index is -1.00. The second-order valence-electron chi connectivity index (χ2n) is 5.94. The zero-order valence-electron chi connectivity index (χ0n) is 13.2. The number of carbonyl (C=O) groups excluding carboxylic acids is 1. The lowest BCUT2D eigenvalue weighted by Crippen LogP contribution is -2.36. The van der Waals surface area contributed by atoms with Gasteiger partial charge in [0, 0.05) is 18.7 Å². The van der Waals surface area contributed by atoms with Gasteiger partial charge >= 0.3 is 0 Å². The summed E-state index contributed by atoms with van der Waals surface area (Å²) in [6, 6.07) is 11.3. The van der Waals surface area contributed by atoms with Crippen LogP contribution in [0.25, 0.3) is 11.3 Å². The van der Waals surface area contributed by atoms with E-state index in [0.29, 0.717) is 13.1 Å². The molecule has 4 nitrogen and oxygen atoms in total. The minimum absolute atomic E-state index is 0.141. The first kappa shape index (κ1) is 15.5. The van der Waals surface area contributed by atoms with E-state index in [1.54, 1.807) is 4.90 Å². The largest absolute Gasteiger partial charge is 0.355 e. The van der Waals surface area contributed by atoms with E-state index in [-0.39, 0.29) is 22.8 Å². The Morgan fingerprint density at radius 2 is 1.88 bits per heavy atom. The van der Waals surface area contributed by atoms with Gasteiger partial charge in [0.1, 0.15) is 5.56 Å². The van der Waals surface area contributed by atoms with Gasteiger partial charge in [0.15, 0.2) is 17.4 Å². The average Bonchev–Trinajstić information content (AvgIpc) is 3.12. The molecule has 0 fully saturated rings. The van der Waals surface area contributed by atoms with Gasteiger partial charge in [0.2, 0.25) is 0 Å². The number of aromatic nitrogens is 1. The van der Waals surface area contributed by atoms with E-state index < -0.39 is 11.6 Å². The molecule has 126 valence electrons. The fourth-order valence-corrected chi connectivity index (χ4v) is 3.08. The van der Waals surface area contributed by atoms with Crippen molar-refractivity contribution in [3.63, 3.8) is 0 Å². The lowest BCUT2D eigenvalue weighted by atomic mass is 9.99. The maximum absolute atomic E-state index is 13.5. The molecule has 0 aliphatic carbocycles. The number of benzene rings is 2. The van der Waals surface area contributed by atoms with E-state index in [2.05, 4.69) is 11.2 Å². The molecular formula is C19H14F2N2O2. The van der Waals surface area contributed by atoms with Gasteiger partial charge in [0.05, 0.1) is 6.20 Å². The van der Waals surface area contributed by atoms with Gasteiger partial charge < -0.3 is 9.42 Å². The van der Waals surface area contributed by atoms with Crippen LogP contribution in [0.4, 0.5) is 8.78 Å².